The normalized spacial score (nSPS) is 19.2. The lowest BCUT2D eigenvalue weighted by Crippen LogP contribution is -2.61. The zero-order chi connectivity index (χ0) is 43.6. The third-order valence-corrected chi connectivity index (χ3v) is 10.0. The van der Waals surface area contributed by atoms with Crippen LogP contribution >= 0.6 is 0 Å². The molecule has 5 aromatic rings. The smallest absolute Gasteiger partial charge is 0.408 e. The number of hydrogen-bond acceptors (Lipinski definition) is 10. The number of esters is 1. The molecule has 0 aromatic heterocycles. The molecular weight excluding hydrogens is 787 g/mol. The molecule has 11 heteroatoms. The highest BCUT2D eigenvalue weighted by atomic mass is 16.6. The number of amides is 1. The quantitative estimate of drug-likeness (QED) is 0.0717. The van der Waals surface area contributed by atoms with Crippen LogP contribution in [-0.2, 0) is 75.8 Å². The second-order valence-electron chi connectivity index (χ2n) is 16.2. The van der Waals surface area contributed by atoms with Crippen molar-refractivity contribution in [3.8, 4) is 0 Å². The third kappa shape index (κ3) is 15.0. The van der Waals surface area contributed by atoms with E-state index in [4.69, 9.17) is 33.2 Å². The second kappa shape index (κ2) is 23.5. The molecule has 6 atom stereocenters. The van der Waals surface area contributed by atoms with Gasteiger partial charge >= 0.3 is 12.1 Å². The van der Waals surface area contributed by atoms with Gasteiger partial charge in [0.25, 0.3) is 0 Å². The Bertz CT molecular complexity index is 2080. The number of benzene rings is 5. The summed E-state index contributed by atoms with van der Waals surface area (Å²) < 4.78 is 44.6. The summed E-state index contributed by atoms with van der Waals surface area (Å²) in [4.78, 5) is 41.0. The van der Waals surface area contributed by atoms with Gasteiger partial charge in [0, 0.05) is 12.8 Å². The fourth-order valence-electron chi connectivity index (χ4n) is 7.06. The number of ketones is 1. The number of carbonyl (C=O) groups excluding carboxylic acids is 3. The first-order chi connectivity index (χ1) is 30.1. The molecule has 5 aromatic carbocycles. The molecular formula is C51H57NO10. The number of carbonyl (C=O) groups is 3. The molecule has 1 saturated heterocycles. The van der Waals surface area contributed by atoms with Crippen LogP contribution in [0, 0.1) is 0 Å². The van der Waals surface area contributed by atoms with Crippen molar-refractivity contribution in [2.75, 3.05) is 6.61 Å². The summed E-state index contributed by atoms with van der Waals surface area (Å²) in [5.41, 5.74) is 3.68. The van der Waals surface area contributed by atoms with Crippen molar-refractivity contribution in [3.05, 3.63) is 179 Å². The van der Waals surface area contributed by atoms with Crippen molar-refractivity contribution in [2.24, 2.45) is 0 Å². The van der Waals surface area contributed by atoms with Crippen LogP contribution in [0.5, 0.6) is 0 Å². The summed E-state index contributed by atoms with van der Waals surface area (Å²) in [7, 11) is 0. The predicted octanol–water partition coefficient (Wildman–Crippen LogP) is 8.71. The van der Waals surface area contributed by atoms with Gasteiger partial charge in [-0.3, -0.25) is 4.79 Å². The third-order valence-electron chi connectivity index (χ3n) is 10.0. The molecule has 326 valence electrons. The fourth-order valence-corrected chi connectivity index (χ4v) is 7.06. The summed E-state index contributed by atoms with van der Waals surface area (Å²) in [5, 5.41) is 2.58. The number of hydrogen-bond donors (Lipinski definition) is 1. The molecule has 62 heavy (non-hydrogen) atoms. The molecule has 11 nitrogen and oxygen atoms in total. The maximum atomic E-state index is 14.3. The molecule has 0 bridgehead atoms. The summed E-state index contributed by atoms with van der Waals surface area (Å²) in [5.74, 6) is -1.15. The van der Waals surface area contributed by atoms with Crippen LogP contribution in [0.1, 0.15) is 61.4 Å². The minimum absolute atomic E-state index is 0.0242. The number of alkyl carbamates (subject to hydrolysis) is 1. The zero-order valence-corrected chi connectivity index (χ0v) is 35.6. The predicted molar refractivity (Wildman–Crippen MR) is 233 cm³/mol. The Balaban J connectivity index is 1.28. The highest BCUT2D eigenvalue weighted by molar-refractivity contribution is 5.89. The van der Waals surface area contributed by atoms with Crippen LogP contribution < -0.4 is 5.32 Å². The fraction of sp³-hybridized carbons (Fsp3) is 0.353. The van der Waals surface area contributed by atoms with Gasteiger partial charge in [-0.05, 0) is 48.6 Å². The highest BCUT2D eigenvalue weighted by Gasteiger charge is 2.49. The van der Waals surface area contributed by atoms with Gasteiger partial charge in [0.1, 0.15) is 48.4 Å². The summed E-state index contributed by atoms with van der Waals surface area (Å²) in [6, 6.07) is 47.0. The summed E-state index contributed by atoms with van der Waals surface area (Å²) in [6.07, 6.45) is -5.28. The van der Waals surface area contributed by atoms with Crippen LogP contribution in [0.25, 0.3) is 0 Å². The van der Waals surface area contributed by atoms with Gasteiger partial charge in [0.05, 0.1) is 39.1 Å². The van der Waals surface area contributed by atoms with Crippen LogP contribution in [0.3, 0.4) is 0 Å². The molecule has 0 unspecified atom stereocenters. The summed E-state index contributed by atoms with van der Waals surface area (Å²) >= 11 is 0. The van der Waals surface area contributed by atoms with Crippen molar-refractivity contribution in [3.63, 3.8) is 0 Å². The van der Waals surface area contributed by atoms with Crippen LogP contribution in [0.15, 0.2) is 152 Å². The lowest BCUT2D eigenvalue weighted by atomic mass is 9.90. The van der Waals surface area contributed by atoms with Gasteiger partial charge in [-0.25, -0.2) is 9.59 Å². The Hall–Kier alpha value is -5.69. The Morgan fingerprint density at radius 2 is 0.952 bits per heavy atom. The van der Waals surface area contributed by atoms with Crippen LogP contribution in [0.2, 0.25) is 0 Å². The van der Waals surface area contributed by atoms with E-state index >= 15 is 0 Å². The average molecular weight is 844 g/mol. The van der Waals surface area contributed by atoms with Gasteiger partial charge in [-0.1, -0.05) is 152 Å². The van der Waals surface area contributed by atoms with E-state index in [0.717, 1.165) is 27.8 Å². The van der Waals surface area contributed by atoms with Crippen molar-refractivity contribution in [1.29, 1.82) is 0 Å². The van der Waals surface area contributed by atoms with Gasteiger partial charge in [0.15, 0.2) is 0 Å². The largest absolute Gasteiger partial charge is 0.458 e. The van der Waals surface area contributed by atoms with Gasteiger partial charge in [-0.15, -0.1) is 0 Å². The minimum Gasteiger partial charge on any atom is -0.458 e. The van der Waals surface area contributed by atoms with E-state index in [9.17, 15) is 14.4 Å². The van der Waals surface area contributed by atoms with E-state index in [1.165, 1.54) is 0 Å². The number of Topliss-reactive ketones (excluding diaryl/α,β-unsaturated/α-hetero) is 1. The number of ether oxygens (including phenoxy) is 7. The van der Waals surface area contributed by atoms with E-state index in [0.29, 0.717) is 6.61 Å². The van der Waals surface area contributed by atoms with E-state index < -0.39 is 54.2 Å². The Kier molecular flexibility index (Phi) is 17.4. The van der Waals surface area contributed by atoms with Gasteiger partial charge < -0.3 is 38.5 Å². The van der Waals surface area contributed by atoms with Crippen molar-refractivity contribution >= 4 is 17.8 Å². The second-order valence-corrected chi connectivity index (χ2v) is 16.2. The molecule has 1 fully saturated rings. The maximum Gasteiger partial charge on any atom is 0.408 e. The Morgan fingerprint density at radius 1 is 0.548 bits per heavy atom. The minimum atomic E-state index is -1.34. The zero-order valence-electron chi connectivity index (χ0n) is 35.6. The van der Waals surface area contributed by atoms with E-state index in [2.05, 4.69) is 5.32 Å². The Labute approximate surface area is 364 Å². The first-order valence-electron chi connectivity index (χ1n) is 21.0. The SMILES string of the molecule is CC(C)(C)OC(=O)[C@H](CC(=O)C[C@H]1O[C@H](COCc2ccccc2)[C@@H](OCc2ccccc2)[C@H](OCc2ccccc2)[C@H]1OCc1ccccc1)NC(=O)OCc1ccccc1. The monoisotopic (exact) mass is 843 g/mol. The molecule has 1 N–H and O–H groups in total. The van der Waals surface area contributed by atoms with E-state index in [1.54, 1.807) is 20.8 Å². The van der Waals surface area contributed by atoms with Crippen LogP contribution in [-0.4, -0.2) is 66.6 Å². The number of nitrogens with one attached hydrogen (secondary N) is 1. The first-order valence-corrected chi connectivity index (χ1v) is 21.0. The maximum absolute atomic E-state index is 14.3. The lowest BCUT2D eigenvalue weighted by Gasteiger charge is -2.46. The van der Waals surface area contributed by atoms with Crippen molar-refractivity contribution < 1.29 is 47.5 Å². The van der Waals surface area contributed by atoms with Gasteiger partial charge in [-0.2, -0.15) is 0 Å². The number of rotatable bonds is 21. The standard InChI is InChI=1S/C51H57NO10/c1-51(2,3)62-49(54)43(52-50(55)60-35-41-27-17-8-18-28-41)29-42(53)30-44-46(57-32-38-21-11-5-12-22-38)48(59-34-40-25-15-7-16-26-40)47(58-33-39-23-13-6-14-24-39)45(61-44)36-56-31-37-19-9-4-10-20-37/h4-28,43-48H,29-36H2,1-3H3,(H,52,55)/t43-,44+,45+,46-,47+,48+/m0/s1. The van der Waals surface area contributed by atoms with Crippen molar-refractivity contribution in [2.45, 2.75) is 109 Å². The molecule has 1 aliphatic heterocycles. The molecule has 1 aliphatic rings. The summed E-state index contributed by atoms with van der Waals surface area (Å²) in [6.45, 7) is 6.25. The molecule has 0 radical (unpaired) electrons. The Morgan fingerprint density at radius 3 is 1.40 bits per heavy atom. The molecule has 0 aliphatic carbocycles. The topological polar surface area (TPSA) is 128 Å². The molecule has 1 heterocycles. The van der Waals surface area contributed by atoms with E-state index in [1.807, 2.05) is 152 Å². The first kappa shape index (κ1) is 45.8. The van der Waals surface area contributed by atoms with Gasteiger partial charge in [0.2, 0.25) is 0 Å². The van der Waals surface area contributed by atoms with Crippen molar-refractivity contribution in [1.82, 2.24) is 5.32 Å². The molecule has 0 spiro atoms. The van der Waals surface area contributed by atoms with Crippen LogP contribution in [0.4, 0.5) is 4.79 Å². The molecule has 6 rings (SSSR count). The lowest BCUT2D eigenvalue weighted by molar-refractivity contribution is -0.272. The van der Waals surface area contributed by atoms with E-state index in [-0.39, 0.29) is 51.7 Å². The molecule has 1 amide bonds. The molecule has 0 saturated carbocycles. The average Bonchev–Trinajstić information content (AvgIpc) is 3.28. The highest BCUT2D eigenvalue weighted by Crippen LogP contribution is 2.33.